The lowest BCUT2D eigenvalue weighted by molar-refractivity contribution is 0.103. The van der Waals surface area contributed by atoms with E-state index in [-0.39, 0.29) is 10.8 Å². The fourth-order valence-electron chi connectivity index (χ4n) is 5.88. The van der Waals surface area contributed by atoms with Gasteiger partial charge in [0, 0.05) is 22.0 Å². The molecule has 4 rings (SSSR count). The predicted octanol–water partition coefficient (Wildman–Crippen LogP) is 9.25. The zero-order valence-electron chi connectivity index (χ0n) is 26.3. The number of hydrogen-bond acceptors (Lipinski definition) is 5. The molecule has 222 valence electrons. The maximum Gasteiger partial charge on any atom is 0.253 e. The molecule has 0 radical (unpaired) electrons. The van der Waals surface area contributed by atoms with E-state index in [1.54, 1.807) is 30.3 Å². The van der Waals surface area contributed by atoms with Crippen molar-refractivity contribution in [1.82, 2.24) is 0 Å². The van der Waals surface area contributed by atoms with Crippen molar-refractivity contribution in [1.29, 1.82) is 0 Å². The molecule has 0 unspecified atom stereocenters. The molecule has 0 heterocycles. The maximum atomic E-state index is 14.5. The van der Waals surface area contributed by atoms with Gasteiger partial charge in [0.15, 0.2) is 0 Å². The number of benzene rings is 4. The summed E-state index contributed by atoms with van der Waals surface area (Å²) in [5.41, 5.74) is 7.71. The summed E-state index contributed by atoms with van der Waals surface area (Å²) in [5.74, 6) is 0. The van der Waals surface area contributed by atoms with E-state index in [2.05, 4.69) is 0 Å². The maximum absolute atomic E-state index is 14.5. The van der Waals surface area contributed by atoms with Crippen LogP contribution in [0.4, 0.5) is 0 Å². The molecule has 4 aromatic rings. The van der Waals surface area contributed by atoms with Gasteiger partial charge in [-0.25, -0.2) is 0 Å². The highest BCUT2D eigenvalue weighted by molar-refractivity contribution is 8.01. The molecule has 0 saturated heterocycles. The van der Waals surface area contributed by atoms with Crippen LogP contribution in [0.3, 0.4) is 0 Å². The van der Waals surface area contributed by atoms with Crippen molar-refractivity contribution in [3.05, 3.63) is 133 Å². The Hall–Kier alpha value is -3.78. The summed E-state index contributed by atoms with van der Waals surface area (Å²) < 4.78 is 24.9. The number of rotatable bonds is 7. The van der Waals surface area contributed by atoms with Gasteiger partial charge in [0.25, 0.3) is 5.52 Å². The van der Waals surface area contributed by atoms with Crippen LogP contribution in [0.25, 0.3) is 0 Å². The standard InChI is InChI=1S/C26H27O3P.C10H11O2P/c1-16-12-18(3)23(19(4)13-16)25(27)30(29,22-10-8-7-9-11-22)26(28)24-20(5)14-17(2)15-21(24)6;1-6-4-7(2)9(8(3)5-6)10(11)13-12/h7-15H,1-6H3;4-5H,1-3H3. The number of hydrogen-bond donors (Lipinski definition) is 0. The molecule has 0 aromatic heterocycles. The van der Waals surface area contributed by atoms with Crippen molar-refractivity contribution in [2.45, 2.75) is 62.3 Å². The van der Waals surface area contributed by atoms with E-state index in [0.717, 1.165) is 50.1 Å². The molecule has 0 N–H and O–H groups in total. The van der Waals surface area contributed by atoms with Crippen LogP contribution in [0.2, 0.25) is 0 Å². The summed E-state index contributed by atoms with van der Waals surface area (Å²) in [6.45, 7) is 16.9. The Morgan fingerprint density at radius 1 is 0.512 bits per heavy atom. The van der Waals surface area contributed by atoms with Gasteiger partial charge in [0.1, 0.15) is 0 Å². The molecule has 0 aliphatic rings. The Balaban J connectivity index is 0.000000326. The van der Waals surface area contributed by atoms with Gasteiger partial charge in [-0.15, -0.1) is 0 Å². The molecule has 0 aliphatic carbocycles. The van der Waals surface area contributed by atoms with E-state index in [0.29, 0.717) is 16.7 Å². The van der Waals surface area contributed by atoms with Crippen molar-refractivity contribution in [3.63, 3.8) is 0 Å². The number of carbonyl (C=O) groups is 3. The lowest BCUT2D eigenvalue weighted by Crippen LogP contribution is -2.23. The van der Waals surface area contributed by atoms with Gasteiger partial charge in [-0.3, -0.25) is 18.9 Å². The normalized spacial score (nSPS) is 11.1. The second-order valence-corrected chi connectivity index (χ2v) is 14.4. The van der Waals surface area contributed by atoms with E-state index in [1.165, 1.54) is 0 Å². The Morgan fingerprint density at radius 3 is 1.12 bits per heavy atom. The molecule has 7 heteroatoms. The van der Waals surface area contributed by atoms with Gasteiger partial charge in [0.05, 0.1) is 0 Å². The molecule has 0 atom stereocenters. The molecular weight excluding hydrogens is 574 g/mol. The Kier molecular flexibility index (Phi) is 10.7. The molecule has 4 aromatic carbocycles. The zero-order chi connectivity index (χ0) is 32.2. The largest absolute Gasteiger partial charge is 0.302 e. The Morgan fingerprint density at radius 2 is 0.814 bits per heavy atom. The third kappa shape index (κ3) is 7.07. The summed E-state index contributed by atoms with van der Waals surface area (Å²) in [4.78, 5) is 38.9. The lowest BCUT2D eigenvalue weighted by Gasteiger charge is -2.21. The first kappa shape index (κ1) is 33.7. The van der Waals surface area contributed by atoms with E-state index < -0.39 is 26.7 Å². The highest BCUT2D eigenvalue weighted by atomic mass is 31.2. The molecule has 0 spiro atoms. The van der Waals surface area contributed by atoms with Crippen molar-refractivity contribution >= 4 is 37.5 Å². The van der Waals surface area contributed by atoms with Crippen LogP contribution in [-0.4, -0.2) is 16.6 Å². The van der Waals surface area contributed by atoms with Crippen LogP contribution in [0.5, 0.6) is 0 Å². The third-order valence-electron chi connectivity index (χ3n) is 7.45. The number of carbonyl (C=O) groups excluding carboxylic acids is 3. The number of aryl methyl sites for hydroxylation is 9. The molecule has 0 aliphatic heterocycles. The Labute approximate surface area is 256 Å². The van der Waals surface area contributed by atoms with Crippen LogP contribution in [0.15, 0.2) is 66.7 Å². The van der Waals surface area contributed by atoms with Gasteiger partial charge < -0.3 is 4.57 Å². The van der Waals surface area contributed by atoms with Gasteiger partial charge >= 0.3 is 0 Å². The second kappa shape index (κ2) is 13.7. The fourth-order valence-corrected chi connectivity index (χ4v) is 8.90. The fraction of sp³-hybridized carbons (Fsp3) is 0.250. The minimum atomic E-state index is -4.11. The highest BCUT2D eigenvalue weighted by Crippen LogP contribution is 2.52. The minimum Gasteiger partial charge on any atom is -0.302 e. The van der Waals surface area contributed by atoms with Crippen LogP contribution >= 0.6 is 15.6 Å². The van der Waals surface area contributed by atoms with Crippen molar-refractivity contribution < 1.29 is 23.5 Å². The topological polar surface area (TPSA) is 85.3 Å². The van der Waals surface area contributed by atoms with Gasteiger partial charge in [-0.05, 0) is 95.7 Å². The lowest BCUT2D eigenvalue weighted by atomic mass is 10.0. The van der Waals surface area contributed by atoms with Crippen LogP contribution in [0, 0.1) is 62.3 Å². The molecular formula is C36H38O5P2. The van der Waals surface area contributed by atoms with E-state index in [9.17, 15) is 23.5 Å². The molecule has 0 saturated carbocycles. The Bertz CT molecular complexity index is 1660. The first-order valence-corrected chi connectivity index (χ1v) is 16.5. The first-order chi connectivity index (χ1) is 20.1. The van der Waals surface area contributed by atoms with Gasteiger partial charge in [0.2, 0.25) is 26.7 Å². The van der Waals surface area contributed by atoms with Crippen LogP contribution < -0.4 is 5.30 Å². The summed E-state index contributed by atoms with van der Waals surface area (Å²) in [5, 5.41) is 0.277. The van der Waals surface area contributed by atoms with Crippen LogP contribution in [0.1, 0.15) is 81.1 Å². The first-order valence-electron chi connectivity index (χ1n) is 14.0. The van der Waals surface area contributed by atoms with Crippen molar-refractivity contribution in [2.24, 2.45) is 0 Å². The van der Waals surface area contributed by atoms with E-state index >= 15 is 0 Å². The van der Waals surface area contributed by atoms with E-state index in [4.69, 9.17) is 0 Å². The van der Waals surface area contributed by atoms with Crippen LogP contribution in [-0.2, 0) is 9.13 Å². The zero-order valence-corrected chi connectivity index (χ0v) is 28.1. The average molecular weight is 613 g/mol. The monoisotopic (exact) mass is 612 g/mol. The average Bonchev–Trinajstić information content (AvgIpc) is 2.91. The van der Waals surface area contributed by atoms with E-state index in [1.807, 2.05) is 98.7 Å². The summed E-state index contributed by atoms with van der Waals surface area (Å²) in [6.07, 6.45) is 0. The van der Waals surface area contributed by atoms with Crippen molar-refractivity contribution in [2.75, 3.05) is 0 Å². The molecule has 0 amide bonds. The summed E-state index contributed by atoms with van der Waals surface area (Å²) >= 11 is 0. The molecule has 0 fully saturated rings. The quantitative estimate of drug-likeness (QED) is 0.194. The smallest absolute Gasteiger partial charge is 0.253 e. The molecule has 0 bridgehead atoms. The molecule has 5 nitrogen and oxygen atoms in total. The van der Waals surface area contributed by atoms with Crippen molar-refractivity contribution in [3.8, 4) is 0 Å². The summed E-state index contributed by atoms with van der Waals surface area (Å²) in [7, 11) is -4.55. The highest BCUT2D eigenvalue weighted by Gasteiger charge is 2.44. The minimum absolute atomic E-state index is 0.277. The molecule has 43 heavy (non-hydrogen) atoms. The third-order valence-corrected chi connectivity index (χ3v) is 10.5. The van der Waals surface area contributed by atoms with Gasteiger partial charge in [-0.2, -0.15) is 0 Å². The predicted molar refractivity (Wildman–Crippen MR) is 176 cm³/mol. The second-order valence-electron chi connectivity index (χ2n) is 11.3. The SMILES string of the molecule is Cc1cc(C)c(C(=O)P(=O)(C(=O)c2c(C)cc(C)cc2C)c2ccccc2)c(C)c1.Cc1cc(C)c(C(=O)P=O)c(C)c1. The van der Waals surface area contributed by atoms with Gasteiger partial charge in [-0.1, -0.05) is 83.4 Å². The summed E-state index contributed by atoms with van der Waals surface area (Å²) in [6, 6.07) is 19.9.